The summed E-state index contributed by atoms with van der Waals surface area (Å²) in [5.41, 5.74) is 0.394. The summed E-state index contributed by atoms with van der Waals surface area (Å²) in [5, 5.41) is 10.1. The SMILES string of the molecule is Cc1cc(=O)n2nc(NCC(=O)NCc3ccco3)sc2n1. The first kappa shape index (κ1) is 14.3. The second-order valence-corrected chi connectivity index (χ2v) is 5.50. The van der Waals surface area contributed by atoms with Crippen LogP contribution in [0.4, 0.5) is 5.13 Å². The summed E-state index contributed by atoms with van der Waals surface area (Å²) in [7, 11) is 0. The molecule has 9 heteroatoms. The number of fused-ring (bicyclic) bond motifs is 1. The standard InChI is InChI=1S/C13H13N5O3S/c1-8-5-11(20)18-13(16-8)22-12(17-18)15-7-10(19)14-6-9-3-2-4-21-9/h2-5H,6-7H2,1H3,(H,14,19)(H,15,17). The Hall–Kier alpha value is -2.68. The maximum atomic E-state index is 11.7. The smallest absolute Gasteiger partial charge is 0.275 e. The van der Waals surface area contributed by atoms with E-state index >= 15 is 0 Å². The van der Waals surface area contributed by atoms with Gasteiger partial charge in [-0.3, -0.25) is 9.59 Å². The first-order valence-corrected chi connectivity index (χ1v) is 7.34. The molecule has 0 spiro atoms. The highest BCUT2D eigenvalue weighted by molar-refractivity contribution is 7.20. The summed E-state index contributed by atoms with van der Waals surface area (Å²) in [6, 6.07) is 4.95. The fraction of sp³-hybridized carbons (Fsp3) is 0.231. The summed E-state index contributed by atoms with van der Waals surface area (Å²) >= 11 is 1.21. The number of carbonyl (C=O) groups is 1. The van der Waals surface area contributed by atoms with Crippen LogP contribution in [0.1, 0.15) is 11.5 Å². The second-order valence-electron chi connectivity index (χ2n) is 4.55. The molecule has 0 aliphatic rings. The van der Waals surface area contributed by atoms with E-state index in [9.17, 15) is 9.59 Å². The molecule has 3 aromatic heterocycles. The van der Waals surface area contributed by atoms with Crippen LogP contribution in [0.5, 0.6) is 0 Å². The van der Waals surface area contributed by atoms with Crippen molar-refractivity contribution in [3.63, 3.8) is 0 Å². The Morgan fingerprint density at radius 1 is 1.50 bits per heavy atom. The van der Waals surface area contributed by atoms with Crippen molar-refractivity contribution in [3.05, 3.63) is 46.3 Å². The molecule has 3 aromatic rings. The fourth-order valence-corrected chi connectivity index (χ4v) is 2.66. The van der Waals surface area contributed by atoms with Crippen molar-refractivity contribution in [2.45, 2.75) is 13.5 Å². The maximum absolute atomic E-state index is 11.7. The van der Waals surface area contributed by atoms with E-state index in [2.05, 4.69) is 20.7 Å². The number of nitrogens with one attached hydrogen (secondary N) is 2. The van der Waals surface area contributed by atoms with E-state index in [4.69, 9.17) is 4.42 Å². The Labute approximate surface area is 128 Å². The van der Waals surface area contributed by atoms with Crippen LogP contribution in [0.15, 0.2) is 33.7 Å². The molecule has 0 aliphatic heterocycles. The Bertz CT molecular complexity index is 852. The maximum Gasteiger partial charge on any atom is 0.275 e. The number of hydrogen-bond acceptors (Lipinski definition) is 7. The van der Waals surface area contributed by atoms with Gasteiger partial charge in [-0.2, -0.15) is 4.52 Å². The van der Waals surface area contributed by atoms with Gasteiger partial charge in [-0.1, -0.05) is 11.3 Å². The van der Waals surface area contributed by atoms with Crippen LogP contribution < -0.4 is 16.2 Å². The lowest BCUT2D eigenvalue weighted by molar-refractivity contribution is -0.119. The zero-order valence-electron chi connectivity index (χ0n) is 11.7. The molecule has 0 bridgehead atoms. The number of aryl methyl sites for hydroxylation is 1. The minimum absolute atomic E-state index is 0.0499. The Balaban J connectivity index is 1.60. The Morgan fingerprint density at radius 2 is 2.36 bits per heavy atom. The first-order chi connectivity index (χ1) is 10.6. The van der Waals surface area contributed by atoms with E-state index in [0.717, 1.165) is 0 Å². The van der Waals surface area contributed by atoms with Gasteiger partial charge in [-0.25, -0.2) is 4.98 Å². The van der Waals surface area contributed by atoms with Gasteiger partial charge in [0.05, 0.1) is 19.4 Å². The minimum Gasteiger partial charge on any atom is -0.467 e. The molecule has 3 heterocycles. The molecule has 114 valence electrons. The van der Waals surface area contributed by atoms with Crippen molar-refractivity contribution in [2.24, 2.45) is 0 Å². The van der Waals surface area contributed by atoms with Crippen LogP contribution in [-0.2, 0) is 11.3 Å². The van der Waals surface area contributed by atoms with Gasteiger partial charge in [-0.05, 0) is 19.1 Å². The zero-order chi connectivity index (χ0) is 15.5. The Kier molecular flexibility index (Phi) is 3.88. The fourth-order valence-electron chi connectivity index (χ4n) is 1.81. The molecule has 0 saturated carbocycles. The molecule has 0 aromatic carbocycles. The van der Waals surface area contributed by atoms with Crippen molar-refractivity contribution < 1.29 is 9.21 Å². The van der Waals surface area contributed by atoms with Crippen LogP contribution in [0.2, 0.25) is 0 Å². The van der Waals surface area contributed by atoms with Crippen molar-refractivity contribution >= 4 is 27.3 Å². The monoisotopic (exact) mass is 319 g/mol. The molecule has 0 aliphatic carbocycles. The molecule has 0 radical (unpaired) electrons. The van der Waals surface area contributed by atoms with Gasteiger partial charge in [0, 0.05) is 11.8 Å². The number of carbonyl (C=O) groups excluding carboxylic acids is 1. The van der Waals surface area contributed by atoms with Gasteiger partial charge in [0.1, 0.15) is 5.76 Å². The molecule has 8 nitrogen and oxygen atoms in total. The van der Waals surface area contributed by atoms with E-state index in [1.807, 2.05) is 0 Å². The van der Waals surface area contributed by atoms with Crippen molar-refractivity contribution in [2.75, 3.05) is 11.9 Å². The quantitative estimate of drug-likeness (QED) is 0.720. The van der Waals surface area contributed by atoms with Crippen LogP contribution in [0.25, 0.3) is 4.96 Å². The van der Waals surface area contributed by atoms with Gasteiger partial charge >= 0.3 is 0 Å². The largest absolute Gasteiger partial charge is 0.467 e. The zero-order valence-corrected chi connectivity index (χ0v) is 12.5. The first-order valence-electron chi connectivity index (χ1n) is 6.52. The number of rotatable bonds is 5. The topological polar surface area (TPSA) is 102 Å². The highest BCUT2D eigenvalue weighted by atomic mass is 32.1. The average molecular weight is 319 g/mol. The molecule has 2 N–H and O–H groups in total. The third-order valence-electron chi connectivity index (χ3n) is 2.81. The molecule has 22 heavy (non-hydrogen) atoms. The van der Waals surface area contributed by atoms with Crippen LogP contribution >= 0.6 is 11.3 Å². The van der Waals surface area contributed by atoms with E-state index in [0.29, 0.717) is 28.1 Å². The molecule has 1 amide bonds. The molecule has 3 rings (SSSR count). The van der Waals surface area contributed by atoms with Crippen molar-refractivity contribution in [1.29, 1.82) is 0 Å². The van der Waals surface area contributed by atoms with Gasteiger partial charge in [0.25, 0.3) is 5.56 Å². The van der Waals surface area contributed by atoms with Gasteiger partial charge in [0.2, 0.25) is 16.0 Å². The van der Waals surface area contributed by atoms with Crippen LogP contribution in [-0.4, -0.2) is 27.0 Å². The highest BCUT2D eigenvalue weighted by Crippen LogP contribution is 2.15. The lowest BCUT2D eigenvalue weighted by atomic mass is 10.4. The lowest BCUT2D eigenvalue weighted by Crippen LogP contribution is -2.29. The summed E-state index contributed by atoms with van der Waals surface area (Å²) in [4.78, 5) is 28.2. The summed E-state index contributed by atoms with van der Waals surface area (Å²) < 4.78 is 6.33. The number of hydrogen-bond donors (Lipinski definition) is 2. The number of amides is 1. The third-order valence-corrected chi connectivity index (χ3v) is 3.68. The lowest BCUT2D eigenvalue weighted by Gasteiger charge is -2.03. The predicted molar refractivity (Wildman–Crippen MR) is 80.9 cm³/mol. The summed E-state index contributed by atoms with van der Waals surface area (Å²) in [5.74, 6) is 0.478. The molecular formula is C13H13N5O3S. The third kappa shape index (κ3) is 3.14. The number of aromatic nitrogens is 3. The van der Waals surface area contributed by atoms with Gasteiger partial charge in [0.15, 0.2) is 0 Å². The number of nitrogens with zero attached hydrogens (tertiary/aromatic N) is 3. The summed E-state index contributed by atoms with van der Waals surface area (Å²) in [6.07, 6.45) is 1.55. The molecule has 0 saturated heterocycles. The van der Waals surface area contributed by atoms with Gasteiger partial charge < -0.3 is 15.1 Å². The predicted octanol–water partition coefficient (Wildman–Crippen LogP) is 0.781. The molecule has 0 atom stereocenters. The van der Waals surface area contributed by atoms with Crippen LogP contribution in [0.3, 0.4) is 0 Å². The minimum atomic E-state index is -0.242. The molecular weight excluding hydrogens is 306 g/mol. The van der Waals surface area contributed by atoms with Crippen molar-refractivity contribution in [1.82, 2.24) is 19.9 Å². The molecule has 0 unspecified atom stereocenters. The Morgan fingerprint density at radius 3 is 3.14 bits per heavy atom. The van der Waals surface area contributed by atoms with E-state index < -0.39 is 0 Å². The summed E-state index contributed by atoms with van der Waals surface area (Å²) in [6.45, 7) is 2.12. The van der Waals surface area contributed by atoms with Crippen molar-refractivity contribution in [3.8, 4) is 0 Å². The second kappa shape index (κ2) is 5.98. The van der Waals surface area contributed by atoms with E-state index in [1.165, 1.54) is 21.9 Å². The number of furan rings is 1. The van der Waals surface area contributed by atoms with Crippen LogP contribution in [0, 0.1) is 6.92 Å². The number of anilines is 1. The normalized spacial score (nSPS) is 10.8. The molecule has 0 fully saturated rings. The van der Waals surface area contributed by atoms with E-state index in [-0.39, 0.29) is 18.0 Å². The average Bonchev–Trinajstić information content (AvgIpc) is 3.11. The van der Waals surface area contributed by atoms with E-state index in [1.54, 1.807) is 25.3 Å². The van der Waals surface area contributed by atoms with Gasteiger partial charge in [-0.15, -0.1) is 5.10 Å². The highest BCUT2D eigenvalue weighted by Gasteiger charge is 2.09.